The first kappa shape index (κ1) is 14.4. The molecule has 1 saturated heterocycles. The number of carboxylic acids is 1. The van der Waals surface area contributed by atoms with Crippen molar-refractivity contribution in [1.29, 1.82) is 0 Å². The summed E-state index contributed by atoms with van der Waals surface area (Å²) in [7, 11) is 0. The van der Waals surface area contributed by atoms with Crippen LogP contribution in [0.3, 0.4) is 0 Å². The van der Waals surface area contributed by atoms with Gasteiger partial charge in [-0.2, -0.15) is 0 Å². The number of aliphatic carboxylic acids is 1. The van der Waals surface area contributed by atoms with E-state index in [4.69, 9.17) is 21.1 Å². The molecule has 1 fully saturated rings. The number of halogens is 2. The summed E-state index contributed by atoms with van der Waals surface area (Å²) in [6.45, 7) is 0. The third-order valence-corrected chi connectivity index (χ3v) is 4.69. The number of rotatable bonds is 3. The van der Waals surface area contributed by atoms with Crippen molar-refractivity contribution in [1.82, 2.24) is 5.32 Å². The van der Waals surface area contributed by atoms with E-state index in [0.29, 0.717) is 22.8 Å². The normalized spacial score (nSPS) is 21.6. The first-order valence-corrected chi connectivity index (χ1v) is 7.63. The Hall–Kier alpha value is -1.50. The van der Waals surface area contributed by atoms with Gasteiger partial charge in [0.1, 0.15) is 28.8 Å². The summed E-state index contributed by atoms with van der Waals surface area (Å²) < 4.78 is 18.9. The minimum absolute atomic E-state index is 0.0322. The molecule has 0 amide bonds. The van der Waals surface area contributed by atoms with Gasteiger partial charge in [0, 0.05) is 11.3 Å². The number of carbonyl (C=O) groups is 1. The highest BCUT2D eigenvalue weighted by molar-refractivity contribution is 7.99. The van der Waals surface area contributed by atoms with Crippen LogP contribution in [0.4, 0.5) is 4.39 Å². The molecule has 1 aliphatic heterocycles. The molecule has 3 rings (SSSR count). The van der Waals surface area contributed by atoms with Gasteiger partial charge in [0.25, 0.3) is 0 Å². The SMILES string of the molecule is O=C(O)C1CSC(c2ccc(-c3ccc(F)c(Cl)c3)o2)N1. The fraction of sp³-hybridized carbons (Fsp3) is 0.214. The zero-order valence-corrected chi connectivity index (χ0v) is 12.2. The number of thioether (sulfide) groups is 1. The maximum atomic E-state index is 13.2. The topological polar surface area (TPSA) is 62.5 Å². The highest BCUT2D eigenvalue weighted by Gasteiger charge is 2.32. The van der Waals surface area contributed by atoms with Gasteiger partial charge in [0.15, 0.2) is 0 Å². The Bertz CT molecular complexity index is 691. The maximum absolute atomic E-state index is 13.2. The summed E-state index contributed by atoms with van der Waals surface area (Å²) in [5, 5.41) is 11.8. The molecule has 0 aliphatic carbocycles. The van der Waals surface area contributed by atoms with Crippen molar-refractivity contribution in [2.24, 2.45) is 0 Å². The second-order valence-electron chi connectivity index (χ2n) is 4.60. The predicted molar refractivity (Wildman–Crippen MR) is 78.9 cm³/mol. The predicted octanol–water partition coefficient (Wildman–Crippen LogP) is 3.53. The van der Waals surface area contributed by atoms with E-state index in [1.165, 1.54) is 23.9 Å². The van der Waals surface area contributed by atoms with Crippen LogP contribution in [0.5, 0.6) is 0 Å². The molecule has 7 heteroatoms. The third-order valence-electron chi connectivity index (χ3n) is 3.17. The van der Waals surface area contributed by atoms with E-state index in [9.17, 15) is 9.18 Å². The maximum Gasteiger partial charge on any atom is 0.321 e. The van der Waals surface area contributed by atoms with Gasteiger partial charge in [-0.05, 0) is 30.3 Å². The first-order chi connectivity index (χ1) is 10.0. The van der Waals surface area contributed by atoms with E-state index >= 15 is 0 Å². The Morgan fingerprint density at radius 2 is 2.24 bits per heavy atom. The summed E-state index contributed by atoms with van der Waals surface area (Å²) in [5.74, 6) is 0.331. The van der Waals surface area contributed by atoms with Crippen LogP contribution < -0.4 is 5.32 Å². The van der Waals surface area contributed by atoms with Gasteiger partial charge in [-0.15, -0.1) is 11.8 Å². The molecule has 2 unspecified atom stereocenters. The lowest BCUT2D eigenvalue weighted by Gasteiger charge is -2.07. The molecular weight excluding hydrogens is 317 g/mol. The molecule has 110 valence electrons. The molecule has 2 aromatic rings. The Balaban J connectivity index is 1.80. The molecule has 2 N–H and O–H groups in total. The summed E-state index contributed by atoms with van der Waals surface area (Å²) in [6, 6.07) is 7.32. The van der Waals surface area contributed by atoms with Gasteiger partial charge in [0.05, 0.1) is 5.02 Å². The zero-order chi connectivity index (χ0) is 15.0. The Morgan fingerprint density at radius 3 is 2.90 bits per heavy atom. The van der Waals surface area contributed by atoms with Crippen molar-refractivity contribution < 1.29 is 18.7 Å². The molecule has 0 bridgehead atoms. The number of hydrogen-bond donors (Lipinski definition) is 2. The lowest BCUT2D eigenvalue weighted by Crippen LogP contribution is -2.33. The molecular formula is C14H11ClFNO3S. The lowest BCUT2D eigenvalue weighted by molar-refractivity contribution is -0.138. The fourth-order valence-electron chi connectivity index (χ4n) is 2.08. The molecule has 1 aromatic heterocycles. The molecule has 1 aromatic carbocycles. The van der Waals surface area contributed by atoms with Gasteiger partial charge in [-0.3, -0.25) is 10.1 Å². The van der Waals surface area contributed by atoms with Gasteiger partial charge in [-0.1, -0.05) is 11.6 Å². The van der Waals surface area contributed by atoms with E-state index in [1.807, 2.05) is 0 Å². The van der Waals surface area contributed by atoms with Crippen molar-refractivity contribution in [3.05, 3.63) is 46.9 Å². The average Bonchev–Trinajstić information content (AvgIpc) is 3.09. The highest BCUT2D eigenvalue weighted by atomic mass is 35.5. The number of benzene rings is 1. The standard InChI is InChI=1S/C14H11ClFNO3S/c15-8-5-7(1-2-9(8)16)11-3-4-12(20-11)13-17-10(6-21-13)14(18)19/h1-5,10,13,17H,6H2,(H,18,19). The third kappa shape index (κ3) is 2.92. The smallest absolute Gasteiger partial charge is 0.321 e. The molecule has 21 heavy (non-hydrogen) atoms. The second-order valence-corrected chi connectivity index (χ2v) is 6.15. The summed E-state index contributed by atoms with van der Waals surface area (Å²) in [6.07, 6.45) is 0. The summed E-state index contributed by atoms with van der Waals surface area (Å²) in [4.78, 5) is 10.9. The van der Waals surface area contributed by atoms with Crippen molar-refractivity contribution >= 4 is 29.3 Å². The molecule has 2 heterocycles. The van der Waals surface area contributed by atoms with Crippen LogP contribution in [0.15, 0.2) is 34.7 Å². The number of carboxylic acid groups (broad SMARTS) is 1. The molecule has 0 spiro atoms. The van der Waals surface area contributed by atoms with Crippen LogP contribution in [0.1, 0.15) is 11.1 Å². The van der Waals surface area contributed by atoms with Gasteiger partial charge < -0.3 is 9.52 Å². The van der Waals surface area contributed by atoms with E-state index in [0.717, 1.165) is 0 Å². The Kier molecular flexibility index (Phi) is 3.93. The zero-order valence-electron chi connectivity index (χ0n) is 10.7. The van der Waals surface area contributed by atoms with E-state index in [-0.39, 0.29) is 10.4 Å². The number of hydrogen-bond acceptors (Lipinski definition) is 4. The Labute approximate surface area is 129 Å². The summed E-state index contributed by atoms with van der Waals surface area (Å²) >= 11 is 7.23. The van der Waals surface area contributed by atoms with Crippen molar-refractivity contribution in [3.63, 3.8) is 0 Å². The van der Waals surface area contributed by atoms with Crippen molar-refractivity contribution in [3.8, 4) is 11.3 Å². The van der Waals surface area contributed by atoms with Crippen molar-refractivity contribution in [2.75, 3.05) is 5.75 Å². The van der Waals surface area contributed by atoms with Gasteiger partial charge >= 0.3 is 5.97 Å². The van der Waals surface area contributed by atoms with Crippen molar-refractivity contribution in [2.45, 2.75) is 11.4 Å². The second kappa shape index (κ2) is 5.71. The number of furan rings is 1. The molecule has 2 atom stereocenters. The molecule has 1 aliphatic rings. The fourth-order valence-corrected chi connectivity index (χ4v) is 3.43. The molecule has 4 nitrogen and oxygen atoms in total. The van der Waals surface area contributed by atoms with Gasteiger partial charge in [0.2, 0.25) is 0 Å². The van der Waals surface area contributed by atoms with Crippen LogP contribution in [0, 0.1) is 5.82 Å². The Morgan fingerprint density at radius 1 is 1.43 bits per heavy atom. The van der Waals surface area contributed by atoms with Crippen LogP contribution in [0.25, 0.3) is 11.3 Å². The largest absolute Gasteiger partial charge is 0.480 e. The van der Waals surface area contributed by atoms with Crippen LogP contribution in [0.2, 0.25) is 5.02 Å². The molecule has 0 saturated carbocycles. The van der Waals surface area contributed by atoms with E-state index < -0.39 is 17.8 Å². The molecule has 0 radical (unpaired) electrons. The quantitative estimate of drug-likeness (QED) is 0.903. The van der Waals surface area contributed by atoms with Crippen LogP contribution >= 0.6 is 23.4 Å². The monoisotopic (exact) mass is 327 g/mol. The van der Waals surface area contributed by atoms with E-state index in [1.54, 1.807) is 18.2 Å². The minimum atomic E-state index is -0.873. The average molecular weight is 328 g/mol. The highest BCUT2D eigenvalue weighted by Crippen LogP contribution is 2.36. The van der Waals surface area contributed by atoms with Gasteiger partial charge in [-0.25, -0.2) is 4.39 Å². The van der Waals surface area contributed by atoms with E-state index in [2.05, 4.69) is 5.32 Å². The summed E-state index contributed by atoms with van der Waals surface area (Å²) in [5.41, 5.74) is 0.672. The lowest BCUT2D eigenvalue weighted by atomic mass is 10.2. The first-order valence-electron chi connectivity index (χ1n) is 6.20. The number of nitrogens with one attached hydrogen (secondary N) is 1. The minimum Gasteiger partial charge on any atom is -0.480 e. The van der Waals surface area contributed by atoms with Crippen LogP contribution in [-0.2, 0) is 4.79 Å². The van der Waals surface area contributed by atoms with Crippen LogP contribution in [-0.4, -0.2) is 22.9 Å².